The Hall–Kier alpha value is -2.89. The molecule has 2 aliphatic carbocycles. The van der Waals surface area contributed by atoms with Crippen molar-refractivity contribution in [2.75, 3.05) is 20.1 Å². The molecule has 1 saturated heterocycles. The van der Waals surface area contributed by atoms with Gasteiger partial charge < -0.3 is 19.9 Å². The summed E-state index contributed by atoms with van der Waals surface area (Å²) in [5.41, 5.74) is 5.63. The molecule has 2 saturated carbocycles. The van der Waals surface area contributed by atoms with Gasteiger partial charge in [-0.05, 0) is 80.0 Å². The van der Waals surface area contributed by atoms with Crippen molar-refractivity contribution in [2.24, 2.45) is 12.5 Å². The third-order valence-electron chi connectivity index (χ3n) is 8.12. The molecule has 5 nitrogen and oxygen atoms in total. The highest BCUT2D eigenvalue weighted by molar-refractivity contribution is 6.08. The Bertz CT molecular complexity index is 1290. The number of fused-ring (bicyclic) bond motifs is 3. The Labute approximate surface area is 201 Å². The third kappa shape index (κ3) is 3.87. The van der Waals surface area contributed by atoms with Crippen molar-refractivity contribution < 1.29 is 4.74 Å². The van der Waals surface area contributed by atoms with Crippen LogP contribution in [0.15, 0.2) is 60.9 Å². The molecule has 1 spiro atoms. The summed E-state index contributed by atoms with van der Waals surface area (Å²) in [5.74, 6) is 0.977. The zero-order chi connectivity index (χ0) is 23.1. The fraction of sp³-hybridized carbons (Fsp3) is 0.414. The molecule has 176 valence electrons. The van der Waals surface area contributed by atoms with Crippen LogP contribution in [0.1, 0.15) is 32.1 Å². The Morgan fingerprint density at radius 1 is 0.971 bits per heavy atom. The maximum Gasteiger partial charge on any atom is 0.119 e. The molecule has 3 fully saturated rings. The van der Waals surface area contributed by atoms with Crippen LogP contribution in [0.25, 0.3) is 32.9 Å². The SMILES string of the molecule is CNC1CC2(CNC2)C1.Cn1c2ccncc2c2ccc(-c3ccc(OC4CCC4)cc3)cc21. The van der Waals surface area contributed by atoms with Gasteiger partial charge in [0.1, 0.15) is 5.75 Å². The van der Waals surface area contributed by atoms with E-state index < -0.39 is 0 Å². The van der Waals surface area contributed by atoms with Gasteiger partial charge in [0.05, 0.1) is 11.6 Å². The van der Waals surface area contributed by atoms with Gasteiger partial charge in [0.15, 0.2) is 0 Å². The van der Waals surface area contributed by atoms with Crippen molar-refractivity contribution in [3.05, 3.63) is 60.9 Å². The number of nitrogens with one attached hydrogen (secondary N) is 2. The Kier molecular flexibility index (Phi) is 5.54. The standard InChI is InChI=1S/C22H20N2O.C7H14N2/c1-24-21-11-12-23-14-20(21)19-10-7-16(13-22(19)24)15-5-8-18(9-6-15)25-17-3-2-4-17;1-8-6-2-7(3-6)4-9-5-7/h5-14,17H,2-4H2,1H3;6,8-9H,2-5H2,1H3. The first kappa shape index (κ1) is 21.6. The van der Waals surface area contributed by atoms with Crippen LogP contribution in [0.3, 0.4) is 0 Å². The minimum Gasteiger partial charge on any atom is -0.490 e. The van der Waals surface area contributed by atoms with E-state index in [0.717, 1.165) is 17.2 Å². The molecule has 0 atom stereocenters. The molecule has 2 N–H and O–H groups in total. The first-order valence-electron chi connectivity index (χ1n) is 12.6. The number of ether oxygens (including phenoxy) is 1. The van der Waals surface area contributed by atoms with E-state index in [4.69, 9.17) is 4.74 Å². The van der Waals surface area contributed by atoms with E-state index in [1.54, 1.807) is 0 Å². The van der Waals surface area contributed by atoms with Crippen molar-refractivity contribution in [1.29, 1.82) is 0 Å². The largest absolute Gasteiger partial charge is 0.490 e. The molecule has 34 heavy (non-hydrogen) atoms. The van der Waals surface area contributed by atoms with Gasteiger partial charge in [0.2, 0.25) is 0 Å². The lowest BCUT2D eigenvalue weighted by molar-refractivity contribution is 0.0268. The van der Waals surface area contributed by atoms with Crippen LogP contribution in [0, 0.1) is 5.41 Å². The summed E-state index contributed by atoms with van der Waals surface area (Å²) in [6, 6.07) is 18.0. The van der Waals surface area contributed by atoms with Crippen molar-refractivity contribution in [2.45, 2.75) is 44.2 Å². The van der Waals surface area contributed by atoms with E-state index in [9.17, 15) is 0 Å². The van der Waals surface area contributed by atoms with Gasteiger partial charge in [0, 0.05) is 54.9 Å². The van der Waals surface area contributed by atoms with Crippen LogP contribution >= 0.6 is 0 Å². The Morgan fingerprint density at radius 3 is 2.38 bits per heavy atom. The van der Waals surface area contributed by atoms with Crippen LogP contribution in [0.5, 0.6) is 5.75 Å². The predicted octanol–water partition coefficient (Wildman–Crippen LogP) is 5.28. The smallest absolute Gasteiger partial charge is 0.119 e. The molecule has 1 aliphatic heterocycles. The summed E-state index contributed by atoms with van der Waals surface area (Å²) in [4.78, 5) is 4.27. The fourth-order valence-electron chi connectivity index (χ4n) is 5.60. The van der Waals surface area contributed by atoms with Gasteiger partial charge in [0.25, 0.3) is 0 Å². The van der Waals surface area contributed by atoms with Gasteiger partial charge in [-0.1, -0.05) is 24.3 Å². The first-order chi connectivity index (χ1) is 16.6. The summed E-state index contributed by atoms with van der Waals surface area (Å²) in [6.07, 6.45) is 10.7. The molecule has 3 aliphatic rings. The number of pyridine rings is 1. The van der Waals surface area contributed by atoms with Crippen LogP contribution in [-0.2, 0) is 7.05 Å². The Morgan fingerprint density at radius 2 is 1.74 bits per heavy atom. The van der Waals surface area contributed by atoms with E-state index >= 15 is 0 Å². The monoisotopic (exact) mass is 454 g/mol. The molecule has 7 rings (SSSR count). The minimum atomic E-state index is 0.423. The molecule has 4 aromatic rings. The summed E-state index contributed by atoms with van der Waals surface area (Å²) in [6.45, 7) is 2.54. The lowest BCUT2D eigenvalue weighted by Gasteiger charge is -2.54. The van der Waals surface area contributed by atoms with E-state index in [1.165, 1.54) is 78.1 Å². The molecule has 3 heterocycles. The first-order valence-corrected chi connectivity index (χ1v) is 12.6. The van der Waals surface area contributed by atoms with Crippen LogP contribution in [0.2, 0.25) is 0 Å². The number of aromatic nitrogens is 2. The summed E-state index contributed by atoms with van der Waals surface area (Å²) < 4.78 is 8.20. The van der Waals surface area contributed by atoms with Gasteiger partial charge in [-0.3, -0.25) is 4.98 Å². The molecule has 5 heteroatoms. The highest BCUT2D eigenvalue weighted by Gasteiger charge is 2.47. The van der Waals surface area contributed by atoms with Gasteiger partial charge >= 0.3 is 0 Å². The summed E-state index contributed by atoms with van der Waals surface area (Å²) in [7, 11) is 4.17. The molecular weight excluding hydrogens is 420 g/mol. The third-order valence-corrected chi connectivity index (χ3v) is 8.12. The maximum atomic E-state index is 5.96. The van der Waals surface area contributed by atoms with Crippen LogP contribution < -0.4 is 15.4 Å². The van der Waals surface area contributed by atoms with E-state index in [2.05, 4.69) is 82.8 Å². The molecule has 0 bridgehead atoms. The fourth-order valence-corrected chi connectivity index (χ4v) is 5.60. The minimum absolute atomic E-state index is 0.423. The second kappa shape index (κ2) is 8.71. The van der Waals surface area contributed by atoms with Crippen LogP contribution in [-0.4, -0.2) is 41.8 Å². The van der Waals surface area contributed by atoms with Crippen molar-refractivity contribution in [3.8, 4) is 16.9 Å². The molecule has 2 aromatic carbocycles. The zero-order valence-electron chi connectivity index (χ0n) is 20.2. The second-order valence-electron chi connectivity index (χ2n) is 10.4. The maximum absolute atomic E-state index is 5.96. The van der Waals surface area contributed by atoms with E-state index in [1.807, 2.05) is 12.4 Å². The number of hydrogen-bond acceptors (Lipinski definition) is 4. The molecule has 0 amide bonds. The number of rotatable bonds is 4. The number of hydrogen-bond donors (Lipinski definition) is 2. The van der Waals surface area contributed by atoms with Crippen molar-refractivity contribution >= 4 is 21.8 Å². The van der Waals surface area contributed by atoms with Gasteiger partial charge in [-0.15, -0.1) is 0 Å². The number of nitrogens with zero attached hydrogens (tertiary/aromatic N) is 2. The van der Waals surface area contributed by atoms with Gasteiger partial charge in [-0.2, -0.15) is 0 Å². The van der Waals surface area contributed by atoms with Crippen molar-refractivity contribution in [1.82, 2.24) is 20.2 Å². The topological polar surface area (TPSA) is 51.1 Å². The van der Waals surface area contributed by atoms with E-state index in [-0.39, 0.29) is 0 Å². The van der Waals surface area contributed by atoms with Crippen LogP contribution in [0.4, 0.5) is 0 Å². The average molecular weight is 455 g/mol. The lowest BCUT2D eigenvalue weighted by Crippen LogP contribution is -2.64. The highest BCUT2D eigenvalue weighted by atomic mass is 16.5. The van der Waals surface area contributed by atoms with Gasteiger partial charge in [-0.25, -0.2) is 0 Å². The zero-order valence-corrected chi connectivity index (χ0v) is 20.2. The number of benzene rings is 2. The predicted molar refractivity (Wildman–Crippen MR) is 139 cm³/mol. The normalized spacial score (nSPS) is 19.2. The molecule has 0 unspecified atom stereocenters. The molecule has 0 radical (unpaired) electrons. The molecule has 2 aromatic heterocycles. The quantitative estimate of drug-likeness (QED) is 0.440. The second-order valence-corrected chi connectivity index (χ2v) is 10.4. The summed E-state index contributed by atoms with van der Waals surface area (Å²) >= 11 is 0. The van der Waals surface area contributed by atoms with Crippen molar-refractivity contribution in [3.63, 3.8) is 0 Å². The molecular formula is C29H34N4O. The Balaban J connectivity index is 0.000000202. The van der Waals surface area contributed by atoms with E-state index in [0.29, 0.717) is 6.10 Å². The average Bonchev–Trinajstić information content (AvgIpc) is 3.08. The summed E-state index contributed by atoms with van der Waals surface area (Å²) in [5, 5.41) is 9.07. The highest BCUT2D eigenvalue weighted by Crippen LogP contribution is 2.43. The number of aryl methyl sites for hydroxylation is 1. The lowest BCUT2D eigenvalue weighted by atomic mass is 9.62.